The van der Waals surface area contributed by atoms with Gasteiger partial charge in [0.25, 0.3) is 0 Å². The van der Waals surface area contributed by atoms with Crippen LogP contribution in [0.5, 0.6) is 0 Å². The molecular formula is C26H53NO4. The Morgan fingerprint density at radius 1 is 0.710 bits per heavy atom. The lowest BCUT2D eigenvalue weighted by atomic mass is 10.0. The van der Waals surface area contributed by atoms with Crippen LogP contribution in [-0.2, 0) is 9.47 Å². The van der Waals surface area contributed by atoms with E-state index in [0.717, 1.165) is 77.3 Å². The molecule has 0 spiro atoms. The molecule has 186 valence electrons. The largest absolute Gasteiger partial charge is 0.508 e. The van der Waals surface area contributed by atoms with Crippen LogP contribution in [0.25, 0.3) is 0 Å². The van der Waals surface area contributed by atoms with E-state index < -0.39 is 6.16 Å². The number of hydrogen-bond donors (Lipinski definition) is 2. The van der Waals surface area contributed by atoms with E-state index in [1.54, 1.807) is 0 Å². The van der Waals surface area contributed by atoms with Crippen LogP contribution in [0.3, 0.4) is 0 Å². The lowest BCUT2D eigenvalue weighted by Crippen LogP contribution is -2.20. The fourth-order valence-electron chi connectivity index (χ4n) is 3.73. The molecular weight excluding hydrogens is 390 g/mol. The second-order valence-corrected chi connectivity index (χ2v) is 8.84. The van der Waals surface area contributed by atoms with E-state index in [1.165, 1.54) is 51.4 Å². The molecule has 0 aliphatic carbocycles. The molecule has 1 unspecified atom stereocenters. The molecule has 0 radical (unpaired) electrons. The fourth-order valence-corrected chi connectivity index (χ4v) is 3.73. The fraction of sp³-hybridized carbons (Fsp3) is 0.962. The minimum Gasteiger partial charge on any atom is -0.434 e. The molecule has 0 aliphatic heterocycles. The van der Waals surface area contributed by atoms with Crippen molar-refractivity contribution in [3.8, 4) is 0 Å². The predicted molar refractivity (Wildman–Crippen MR) is 131 cm³/mol. The van der Waals surface area contributed by atoms with Gasteiger partial charge in [-0.2, -0.15) is 0 Å². The summed E-state index contributed by atoms with van der Waals surface area (Å²) < 4.78 is 11.0. The van der Waals surface area contributed by atoms with Crippen molar-refractivity contribution in [2.45, 2.75) is 136 Å². The molecule has 5 heteroatoms. The highest BCUT2D eigenvalue weighted by Crippen LogP contribution is 2.17. The highest BCUT2D eigenvalue weighted by molar-refractivity contribution is 5.60. The van der Waals surface area contributed by atoms with Gasteiger partial charge in [-0.25, -0.2) is 4.79 Å². The van der Waals surface area contributed by atoms with Gasteiger partial charge in [-0.3, -0.25) is 0 Å². The third-order valence-corrected chi connectivity index (χ3v) is 5.75. The van der Waals surface area contributed by atoms with Gasteiger partial charge in [-0.1, -0.05) is 78.1 Å². The summed E-state index contributed by atoms with van der Waals surface area (Å²) in [5.41, 5.74) is 0. The van der Waals surface area contributed by atoms with Gasteiger partial charge >= 0.3 is 6.16 Å². The van der Waals surface area contributed by atoms with Gasteiger partial charge in [0.1, 0.15) is 6.10 Å². The van der Waals surface area contributed by atoms with Crippen molar-refractivity contribution in [1.82, 2.24) is 5.32 Å². The zero-order valence-electron chi connectivity index (χ0n) is 20.8. The monoisotopic (exact) mass is 443 g/mol. The van der Waals surface area contributed by atoms with Crippen LogP contribution >= 0.6 is 0 Å². The Balaban J connectivity index is 3.80. The number of nitrogens with one attached hydrogen (secondary N) is 1. The van der Waals surface area contributed by atoms with Crippen molar-refractivity contribution in [3.05, 3.63) is 0 Å². The van der Waals surface area contributed by atoms with Crippen molar-refractivity contribution < 1.29 is 19.4 Å². The molecule has 0 aliphatic rings. The van der Waals surface area contributed by atoms with E-state index in [9.17, 15) is 4.79 Å². The third kappa shape index (κ3) is 23.7. The maximum Gasteiger partial charge on any atom is 0.508 e. The molecule has 0 aromatic rings. The molecule has 0 heterocycles. The minimum absolute atomic E-state index is 0.0208. The van der Waals surface area contributed by atoms with Crippen molar-refractivity contribution >= 4 is 6.16 Å². The molecule has 0 aromatic carbocycles. The second kappa shape index (κ2) is 25.5. The molecule has 2 N–H and O–H groups in total. The van der Waals surface area contributed by atoms with Gasteiger partial charge in [0.15, 0.2) is 0 Å². The van der Waals surface area contributed by atoms with Crippen LogP contribution in [0.15, 0.2) is 0 Å². The van der Waals surface area contributed by atoms with E-state index >= 15 is 0 Å². The predicted octanol–water partition coefficient (Wildman–Crippen LogP) is 7.15. The summed E-state index contributed by atoms with van der Waals surface area (Å²) in [5.74, 6) is 0. The third-order valence-electron chi connectivity index (χ3n) is 5.75. The van der Waals surface area contributed by atoms with Crippen molar-refractivity contribution in [3.63, 3.8) is 0 Å². The topological polar surface area (TPSA) is 67.8 Å². The molecule has 0 saturated carbocycles. The normalized spacial score (nSPS) is 12.1. The molecule has 0 rings (SSSR count). The number of aliphatic hydroxyl groups is 1. The number of carbonyl (C=O) groups excluding carboxylic acids is 1. The number of carbonyl (C=O) groups is 1. The highest BCUT2D eigenvalue weighted by Gasteiger charge is 2.15. The summed E-state index contributed by atoms with van der Waals surface area (Å²) in [6.07, 6.45) is 20.1. The van der Waals surface area contributed by atoms with Crippen molar-refractivity contribution in [1.29, 1.82) is 0 Å². The molecule has 0 aromatic heterocycles. The first-order chi connectivity index (χ1) is 15.2. The van der Waals surface area contributed by atoms with Crippen molar-refractivity contribution in [2.75, 3.05) is 26.3 Å². The standard InChI is InChI=1S/C26H53NO4/c1-3-5-7-9-10-14-20-25(19-13-8-6-4-2)31-26(29)30-24-18-12-11-15-21-27-22-16-17-23-28/h25,27-28H,3-24H2,1-2H3. The van der Waals surface area contributed by atoms with Crippen LogP contribution in [-0.4, -0.2) is 43.7 Å². The molecule has 1 atom stereocenters. The molecule has 5 nitrogen and oxygen atoms in total. The van der Waals surface area contributed by atoms with Gasteiger partial charge in [-0.05, 0) is 64.5 Å². The van der Waals surface area contributed by atoms with Gasteiger partial charge in [0.2, 0.25) is 0 Å². The number of rotatable bonds is 24. The quantitative estimate of drug-likeness (QED) is 0.122. The lowest BCUT2D eigenvalue weighted by Gasteiger charge is -2.18. The molecule has 31 heavy (non-hydrogen) atoms. The lowest BCUT2D eigenvalue weighted by molar-refractivity contribution is 0.0154. The van der Waals surface area contributed by atoms with Crippen LogP contribution < -0.4 is 5.32 Å². The summed E-state index contributed by atoms with van der Waals surface area (Å²) in [4.78, 5) is 12.1. The summed E-state index contributed by atoms with van der Waals surface area (Å²) >= 11 is 0. The summed E-state index contributed by atoms with van der Waals surface area (Å²) in [6.45, 7) is 7.20. The van der Waals surface area contributed by atoms with Gasteiger partial charge in [0, 0.05) is 6.61 Å². The molecule has 0 amide bonds. The molecule has 0 fully saturated rings. The van der Waals surface area contributed by atoms with E-state index in [4.69, 9.17) is 14.6 Å². The maximum absolute atomic E-state index is 12.1. The maximum atomic E-state index is 12.1. The summed E-state index contributed by atoms with van der Waals surface area (Å²) in [6, 6.07) is 0. The zero-order valence-corrected chi connectivity index (χ0v) is 20.8. The minimum atomic E-state index is -0.475. The van der Waals surface area contributed by atoms with Gasteiger partial charge < -0.3 is 19.9 Å². The van der Waals surface area contributed by atoms with E-state index in [0.29, 0.717) is 6.61 Å². The second-order valence-electron chi connectivity index (χ2n) is 8.84. The Bertz CT molecular complexity index is 365. The average Bonchev–Trinajstić information content (AvgIpc) is 2.77. The molecule has 0 bridgehead atoms. The van der Waals surface area contributed by atoms with Crippen molar-refractivity contribution in [2.24, 2.45) is 0 Å². The van der Waals surface area contributed by atoms with Gasteiger partial charge in [-0.15, -0.1) is 0 Å². The zero-order chi connectivity index (χ0) is 22.8. The van der Waals surface area contributed by atoms with E-state index in [-0.39, 0.29) is 12.7 Å². The van der Waals surface area contributed by atoms with Crippen LogP contribution in [0.1, 0.15) is 129 Å². The highest BCUT2D eigenvalue weighted by atomic mass is 16.7. The Kier molecular flexibility index (Phi) is 24.8. The van der Waals surface area contributed by atoms with Crippen LogP contribution in [0, 0.1) is 0 Å². The Morgan fingerprint density at radius 2 is 1.23 bits per heavy atom. The number of aliphatic hydroxyl groups excluding tert-OH is 1. The Hall–Kier alpha value is -0.810. The first-order valence-corrected chi connectivity index (χ1v) is 13.4. The molecule has 0 saturated heterocycles. The SMILES string of the molecule is CCCCCCCCC(CCCCCC)OC(=O)OCCCCCCNCCCCO. The summed E-state index contributed by atoms with van der Waals surface area (Å²) in [5, 5.41) is 12.1. The number of ether oxygens (including phenoxy) is 2. The first kappa shape index (κ1) is 30.2. The average molecular weight is 444 g/mol. The summed E-state index contributed by atoms with van der Waals surface area (Å²) in [7, 11) is 0. The first-order valence-electron chi connectivity index (χ1n) is 13.4. The number of unbranched alkanes of at least 4 members (excludes halogenated alkanes) is 12. The van der Waals surface area contributed by atoms with Gasteiger partial charge in [0.05, 0.1) is 6.61 Å². The Morgan fingerprint density at radius 3 is 1.87 bits per heavy atom. The van der Waals surface area contributed by atoms with Crippen LogP contribution in [0.4, 0.5) is 4.79 Å². The van der Waals surface area contributed by atoms with E-state index in [1.807, 2.05) is 0 Å². The smallest absolute Gasteiger partial charge is 0.434 e. The van der Waals surface area contributed by atoms with Crippen LogP contribution in [0.2, 0.25) is 0 Å². The Labute approximate surface area is 193 Å². The number of hydrogen-bond acceptors (Lipinski definition) is 5. The van der Waals surface area contributed by atoms with E-state index in [2.05, 4.69) is 19.2 Å².